The van der Waals surface area contributed by atoms with Crippen molar-refractivity contribution in [3.8, 4) is 5.75 Å². The van der Waals surface area contributed by atoms with Crippen molar-refractivity contribution in [2.45, 2.75) is 12.5 Å². The summed E-state index contributed by atoms with van der Waals surface area (Å²) in [7, 11) is 0. The van der Waals surface area contributed by atoms with E-state index in [2.05, 4.69) is 15.3 Å². The molecule has 0 saturated carbocycles. The lowest BCUT2D eigenvalue weighted by Crippen LogP contribution is -2.35. The second-order valence-corrected chi connectivity index (χ2v) is 6.35. The average Bonchev–Trinajstić information content (AvgIpc) is 3.10. The molecule has 1 aromatic carbocycles. The average molecular weight is 368 g/mol. The lowest BCUT2D eigenvalue weighted by molar-refractivity contribution is 0.0905. The van der Waals surface area contributed by atoms with E-state index in [9.17, 15) is 9.90 Å². The zero-order valence-corrected chi connectivity index (χ0v) is 14.1. The number of carbonyl (C=O) groups is 1. The molecule has 8 heteroatoms. The molecule has 3 rings (SSSR count). The Kier molecular flexibility index (Phi) is 5.18. The van der Waals surface area contributed by atoms with Crippen LogP contribution in [0.1, 0.15) is 28.6 Å². The first-order chi connectivity index (χ1) is 11.5. The van der Waals surface area contributed by atoms with Gasteiger partial charge in [0, 0.05) is 22.6 Å². The highest BCUT2D eigenvalue weighted by Crippen LogP contribution is 2.34. The van der Waals surface area contributed by atoms with Gasteiger partial charge in [-0.1, -0.05) is 23.2 Å². The van der Waals surface area contributed by atoms with Crippen molar-refractivity contribution in [1.29, 1.82) is 0 Å². The highest BCUT2D eigenvalue weighted by Gasteiger charge is 2.31. The van der Waals surface area contributed by atoms with Crippen LogP contribution in [0.3, 0.4) is 0 Å². The van der Waals surface area contributed by atoms with Crippen LogP contribution in [-0.2, 0) is 4.74 Å². The second kappa shape index (κ2) is 7.34. The number of ether oxygens (including phenoxy) is 1. The summed E-state index contributed by atoms with van der Waals surface area (Å²) in [6.45, 7) is 1.15. The summed E-state index contributed by atoms with van der Waals surface area (Å²) in [5.74, 6) is -0.523. The van der Waals surface area contributed by atoms with E-state index in [1.807, 2.05) is 0 Å². The molecule has 24 heavy (non-hydrogen) atoms. The van der Waals surface area contributed by atoms with Gasteiger partial charge in [-0.15, -0.1) is 0 Å². The molecule has 1 saturated heterocycles. The molecular weight excluding hydrogens is 353 g/mol. The Bertz CT molecular complexity index is 734. The van der Waals surface area contributed by atoms with Crippen LogP contribution in [-0.4, -0.2) is 34.2 Å². The van der Waals surface area contributed by atoms with Crippen molar-refractivity contribution >= 4 is 29.1 Å². The topological polar surface area (TPSA) is 84.3 Å². The highest BCUT2D eigenvalue weighted by atomic mass is 35.5. The van der Waals surface area contributed by atoms with E-state index in [1.54, 1.807) is 18.2 Å². The first-order valence-corrected chi connectivity index (χ1v) is 8.15. The number of halogens is 2. The van der Waals surface area contributed by atoms with Crippen LogP contribution >= 0.6 is 23.2 Å². The molecule has 2 atom stereocenters. The van der Waals surface area contributed by atoms with Crippen molar-refractivity contribution in [2.24, 2.45) is 5.92 Å². The lowest BCUT2D eigenvalue weighted by atomic mass is 9.92. The number of amides is 1. The molecule has 2 N–H and O–H groups in total. The molecule has 1 fully saturated rings. The Morgan fingerprint density at radius 3 is 2.75 bits per heavy atom. The van der Waals surface area contributed by atoms with Crippen LogP contribution < -0.4 is 5.32 Å². The van der Waals surface area contributed by atoms with Gasteiger partial charge in [0.05, 0.1) is 25.0 Å². The van der Waals surface area contributed by atoms with E-state index >= 15 is 0 Å². The SMILES string of the molecule is O=C(NC(c1cc(Cl)ccc1Cl)C1CCOC1)c1ncc(O)cn1. The standard InChI is InChI=1S/C16H15Cl2N3O3/c17-10-1-2-13(18)12(5-10)14(9-3-4-24-8-9)21-16(23)15-19-6-11(22)7-20-15/h1-2,5-7,9,14,22H,3-4,8H2,(H,21,23). The molecule has 0 bridgehead atoms. The summed E-state index contributed by atoms with van der Waals surface area (Å²) in [6, 6.07) is 4.76. The van der Waals surface area contributed by atoms with Gasteiger partial charge >= 0.3 is 0 Å². The molecule has 126 valence electrons. The van der Waals surface area contributed by atoms with Crippen molar-refractivity contribution < 1.29 is 14.6 Å². The van der Waals surface area contributed by atoms with E-state index < -0.39 is 5.91 Å². The molecular formula is C16H15Cl2N3O3. The third-order valence-corrected chi connectivity index (χ3v) is 4.44. The Balaban J connectivity index is 1.89. The second-order valence-electron chi connectivity index (χ2n) is 5.51. The molecule has 0 aliphatic carbocycles. The summed E-state index contributed by atoms with van der Waals surface area (Å²) in [5.41, 5.74) is 0.729. The van der Waals surface area contributed by atoms with E-state index in [4.69, 9.17) is 27.9 Å². The number of hydrogen-bond acceptors (Lipinski definition) is 5. The molecule has 1 aliphatic rings. The molecule has 1 aliphatic heterocycles. The molecule has 1 amide bonds. The lowest BCUT2D eigenvalue weighted by Gasteiger charge is -2.25. The Morgan fingerprint density at radius 1 is 1.33 bits per heavy atom. The van der Waals surface area contributed by atoms with Gasteiger partial charge < -0.3 is 15.2 Å². The third kappa shape index (κ3) is 3.77. The smallest absolute Gasteiger partial charge is 0.289 e. The van der Waals surface area contributed by atoms with Gasteiger partial charge in [-0.05, 0) is 30.2 Å². The maximum Gasteiger partial charge on any atom is 0.289 e. The van der Waals surface area contributed by atoms with Crippen LogP contribution in [0, 0.1) is 5.92 Å². The molecule has 2 unspecified atom stereocenters. The zero-order valence-electron chi connectivity index (χ0n) is 12.6. The van der Waals surface area contributed by atoms with Gasteiger partial charge in [0.15, 0.2) is 5.75 Å². The molecule has 2 aromatic rings. The van der Waals surface area contributed by atoms with Crippen molar-refractivity contribution in [2.75, 3.05) is 13.2 Å². The number of nitrogens with one attached hydrogen (secondary N) is 1. The number of nitrogens with zero attached hydrogens (tertiary/aromatic N) is 2. The van der Waals surface area contributed by atoms with Crippen LogP contribution in [0.15, 0.2) is 30.6 Å². The number of aromatic nitrogens is 2. The van der Waals surface area contributed by atoms with Crippen molar-refractivity contribution in [3.05, 3.63) is 52.0 Å². The van der Waals surface area contributed by atoms with Gasteiger partial charge in [-0.25, -0.2) is 9.97 Å². The molecule has 1 aromatic heterocycles. The summed E-state index contributed by atoms with van der Waals surface area (Å²) in [5, 5.41) is 13.2. The van der Waals surface area contributed by atoms with Gasteiger partial charge in [0.2, 0.25) is 5.82 Å². The van der Waals surface area contributed by atoms with E-state index in [0.717, 1.165) is 12.0 Å². The fourth-order valence-electron chi connectivity index (χ4n) is 2.66. The van der Waals surface area contributed by atoms with Crippen LogP contribution in [0.25, 0.3) is 0 Å². The van der Waals surface area contributed by atoms with E-state index in [0.29, 0.717) is 23.3 Å². The first-order valence-electron chi connectivity index (χ1n) is 7.39. The summed E-state index contributed by atoms with van der Waals surface area (Å²) in [6.07, 6.45) is 3.13. The number of carbonyl (C=O) groups excluding carboxylic acids is 1. The maximum absolute atomic E-state index is 12.5. The quantitative estimate of drug-likeness (QED) is 0.867. The van der Waals surface area contributed by atoms with E-state index in [-0.39, 0.29) is 23.5 Å². The predicted molar refractivity (Wildman–Crippen MR) is 89.3 cm³/mol. The summed E-state index contributed by atoms with van der Waals surface area (Å²) in [4.78, 5) is 20.1. The molecule has 2 heterocycles. The van der Waals surface area contributed by atoms with Crippen molar-refractivity contribution in [3.63, 3.8) is 0 Å². The van der Waals surface area contributed by atoms with Gasteiger partial charge in [0.25, 0.3) is 5.91 Å². The molecule has 6 nitrogen and oxygen atoms in total. The largest absolute Gasteiger partial charge is 0.505 e. The number of rotatable bonds is 4. The van der Waals surface area contributed by atoms with Gasteiger partial charge in [-0.2, -0.15) is 0 Å². The first kappa shape index (κ1) is 17.0. The molecule has 0 spiro atoms. The summed E-state index contributed by atoms with van der Waals surface area (Å²) < 4.78 is 5.44. The number of hydrogen-bond donors (Lipinski definition) is 2. The Hall–Kier alpha value is -1.89. The Morgan fingerprint density at radius 2 is 2.08 bits per heavy atom. The fourth-order valence-corrected chi connectivity index (χ4v) is 3.08. The zero-order chi connectivity index (χ0) is 17.1. The number of benzene rings is 1. The maximum atomic E-state index is 12.5. The minimum Gasteiger partial charge on any atom is -0.505 e. The minimum atomic E-state index is -0.456. The Labute approximate surface area is 148 Å². The number of aromatic hydroxyl groups is 1. The van der Waals surface area contributed by atoms with Gasteiger partial charge in [-0.3, -0.25) is 4.79 Å². The van der Waals surface area contributed by atoms with Crippen LogP contribution in [0.5, 0.6) is 5.75 Å². The monoisotopic (exact) mass is 367 g/mol. The van der Waals surface area contributed by atoms with Gasteiger partial charge in [0.1, 0.15) is 0 Å². The normalized spacial score (nSPS) is 18.3. The van der Waals surface area contributed by atoms with Crippen molar-refractivity contribution in [1.82, 2.24) is 15.3 Å². The molecule has 0 radical (unpaired) electrons. The van der Waals surface area contributed by atoms with E-state index in [1.165, 1.54) is 12.4 Å². The predicted octanol–water partition coefficient (Wildman–Crippen LogP) is 3.00. The fraction of sp³-hybridized carbons (Fsp3) is 0.312. The third-order valence-electron chi connectivity index (χ3n) is 3.86. The summed E-state index contributed by atoms with van der Waals surface area (Å²) >= 11 is 12.4. The van der Waals surface area contributed by atoms with Crippen LogP contribution in [0.4, 0.5) is 0 Å². The van der Waals surface area contributed by atoms with Crippen LogP contribution in [0.2, 0.25) is 10.0 Å². The minimum absolute atomic E-state index is 0.0325. The highest BCUT2D eigenvalue weighted by molar-refractivity contribution is 6.33.